The van der Waals surface area contributed by atoms with Crippen LogP contribution in [0.1, 0.15) is 61.9 Å². The van der Waals surface area contributed by atoms with Crippen LogP contribution in [0, 0.1) is 5.92 Å². The number of ketones is 1. The number of benzene rings is 2. The third-order valence-electron chi connectivity index (χ3n) is 6.29. The molecule has 0 bridgehead atoms. The van der Waals surface area contributed by atoms with Gasteiger partial charge in [-0.2, -0.15) is 0 Å². The molecule has 1 N–H and O–H groups in total. The Morgan fingerprint density at radius 2 is 1.73 bits per heavy atom. The number of aromatic nitrogens is 1. The second-order valence-corrected chi connectivity index (χ2v) is 8.55. The molecular weight excluding hydrogens is 372 g/mol. The van der Waals surface area contributed by atoms with Crippen LogP contribution in [0.25, 0.3) is 22.0 Å². The van der Waals surface area contributed by atoms with Gasteiger partial charge in [0.1, 0.15) is 0 Å². The lowest BCUT2D eigenvalue weighted by atomic mass is 9.83. The van der Waals surface area contributed by atoms with Gasteiger partial charge in [-0.1, -0.05) is 63.8 Å². The second-order valence-electron chi connectivity index (χ2n) is 8.55. The monoisotopic (exact) mass is 402 g/mol. The molecule has 4 nitrogen and oxygen atoms in total. The van der Waals surface area contributed by atoms with Crippen molar-refractivity contribution in [3.05, 3.63) is 63.9 Å². The van der Waals surface area contributed by atoms with Gasteiger partial charge in [-0.05, 0) is 35.6 Å². The van der Waals surface area contributed by atoms with Crippen molar-refractivity contribution in [1.82, 2.24) is 4.57 Å². The first kappa shape index (κ1) is 20.4. The van der Waals surface area contributed by atoms with Crippen LogP contribution in [0.3, 0.4) is 0 Å². The second kappa shape index (κ2) is 8.47. The van der Waals surface area contributed by atoms with E-state index in [0.29, 0.717) is 17.0 Å². The van der Waals surface area contributed by atoms with Gasteiger partial charge in [-0.25, -0.2) is 0 Å². The lowest BCUT2D eigenvalue weighted by Gasteiger charge is -2.24. The molecule has 0 amide bonds. The maximum atomic E-state index is 13.5. The molecule has 156 valence electrons. The number of hydrogen-bond acceptors (Lipinski definition) is 3. The van der Waals surface area contributed by atoms with Gasteiger partial charge in [0, 0.05) is 36.3 Å². The first-order valence-corrected chi connectivity index (χ1v) is 11.1. The maximum absolute atomic E-state index is 13.5. The minimum absolute atomic E-state index is 0.0282. The quantitative estimate of drug-likeness (QED) is 0.381. The average Bonchev–Trinajstić information content (AvgIpc) is 2.76. The summed E-state index contributed by atoms with van der Waals surface area (Å²) in [5.41, 5.74) is 4.66. The van der Waals surface area contributed by atoms with Gasteiger partial charge in [-0.3, -0.25) is 9.59 Å². The first-order valence-electron chi connectivity index (χ1n) is 11.1. The zero-order chi connectivity index (χ0) is 21.3. The predicted molar refractivity (Wildman–Crippen MR) is 124 cm³/mol. The SMILES string of the molecule is CCCCCCC(C)CNc1ccc2c3c(cc(=O)n2C)-c2ccccc2C(=O)c13. The zero-order valence-electron chi connectivity index (χ0n) is 18.1. The fraction of sp³-hybridized carbons (Fsp3) is 0.385. The summed E-state index contributed by atoms with van der Waals surface area (Å²) >= 11 is 0. The normalized spacial score (nSPS) is 13.4. The number of carbonyl (C=O) groups is 1. The van der Waals surface area contributed by atoms with Crippen LogP contribution in [-0.4, -0.2) is 16.9 Å². The molecule has 0 saturated heterocycles. The number of hydrogen-bond donors (Lipinski definition) is 1. The largest absolute Gasteiger partial charge is 0.384 e. The highest BCUT2D eigenvalue weighted by Crippen LogP contribution is 2.41. The van der Waals surface area contributed by atoms with Crippen molar-refractivity contribution in [2.75, 3.05) is 11.9 Å². The van der Waals surface area contributed by atoms with Crippen LogP contribution < -0.4 is 10.9 Å². The molecule has 0 saturated carbocycles. The Morgan fingerprint density at radius 1 is 0.967 bits per heavy atom. The number of unbranched alkanes of at least 4 members (excludes halogenated alkanes) is 3. The summed E-state index contributed by atoms with van der Waals surface area (Å²) in [7, 11) is 1.77. The Labute approximate surface area is 177 Å². The predicted octanol–water partition coefficient (Wildman–Crippen LogP) is 5.77. The third kappa shape index (κ3) is 3.55. The standard InChI is InChI=1S/C26H30N2O2/c1-4-5-6-7-10-17(2)16-27-21-13-14-22-24-20(15-23(29)28(22)3)18-11-8-9-12-19(18)26(30)25(21)24/h8-9,11-15,17,27H,4-7,10,16H2,1-3H3. The fourth-order valence-corrected chi connectivity index (χ4v) is 4.51. The molecule has 1 atom stereocenters. The van der Waals surface area contributed by atoms with Crippen LogP contribution in [0.2, 0.25) is 0 Å². The number of nitrogens with one attached hydrogen (secondary N) is 1. The summed E-state index contributed by atoms with van der Waals surface area (Å²) in [6.45, 7) is 5.33. The van der Waals surface area contributed by atoms with E-state index in [2.05, 4.69) is 19.2 Å². The molecule has 1 aliphatic carbocycles. The molecule has 0 aliphatic heterocycles. The van der Waals surface area contributed by atoms with E-state index in [0.717, 1.165) is 34.3 Å². The van der Waals surface area contributed by atoms with E-state index >= 15 is 0 Å². The van der Waals surface area contributed by atoms with Crippen LogP contribution in [0.4, 0.5) is 5.69 Å². The minimum atomic E-state index is -0.0611. The van der Waals surface area contributed by atoms with Gasteiger partial charge in [0.25, 0.3) is 5.56 Å². The molecule has 0 radical (unpaired) electrons. The van der Waals surface area contributed by atoms with Crippen molar-refractivity contribution in [3.8, 4) is 11.1 Å². The molecule has 30 heavy (non-hydrogen) atoms. The molecule has 3 aromatic rings. The van der Waals surface area contributed by atoms with Crippen molar-refractivity contribution >= 4 is 22.4 Å². The molecule has 4 rings (SSSR count). The summed E-state index contributed by atoms with van der Waals surface area (Å²) < 4.78 is 1.63. The van der Waals surface area contributed by atoms with Gasteiger partial charge in [-0.15, -0.1) is 0 Å². The van der Waals surface area contributed by atoms with Gasteiger partial charge >= 0.3 is 0 Å². The van der Waals surface area contributed by atoms with Crippen LogP contribution in [-0.2, 0) is 7.05 Å². The van der Waals surface area contributed by atoms with Crippen LogP contribution in [0.15, 0.2) is 47.3 Å². The van der Waals surface area contributed by atoms with Crippen molar-refractivity contribution in [2.45, 2.75) is 46.0 Å². The summed E-state index contributed by atoms with van der Waals surface area (Å²) in [6.07, 6.45) is 6.27. The molecule has 1 unspecified atom stereocenters. The number of carbonyl (C=O) groups excluding carboxylic acids is 1. The smallest absolute Gasteiger partial charge is 0.251 e. The molecule has 4 heteroatoms. The van der Waals surface area contributed by atoms with E-state index in [1.165, 1.54) is 32.1 Å². The summed E-state index contributed by atoms with van der Waals surface area (Å²) in [5, 5.41) is 4.42. The lowest BCUT2D eigenvalue weighted by Crippen LogP contribution is -2.22. The summed E-state index contributed by atoms with van der Waals surface area (Å²) in [5.74, 6) is 0.566. The van der Waals surface area contributed by atoms with E-state index in [1.807, 2.05) is 36.4 Å². The van der Waals surface area contributed by atoms with Crippen molar-refractivity contribution in [2.24, 2.45) is 13.0 Å². The lowest BCUT2D eigenvalue weighted by molar-refractivity contribution is 0.104. The Balaban J connectivity index is 1.73. The topological polar surface area (TPSA) is 51.1 Å². The van der Waals surface area contributed by atoms with Crippen LogP contribution >= 0.6 is 0 Å². The first-order chi connectivity index (χ1) is 14.5. The highest BCUT2D eigenvalue weighted by atomic mass is 16.1. The molecule has 1 heterocycles. The average molecular weight is 403 g/mol. The zero-order valence-corrected chi connectivity index (χ0v) is 18.1. The van der Waals surface area contributed by atoms with Gasteiger partial charge < -0.3 is 9.88 Å². The Hall–Kier alpha value is -2.88. The van der Waals surface area contributed by atoms with Crippen molar-refractivity contribution in [1.29, 1.82) is 0 Å². The van der Waals surface area contributed by atoms with E-state index in [9.17, 15) is 9.59 Å². The van der Waals surface area contributed by atoms with E-state index in [1.54, 1.807) is 17.7 Å². The van der Waals surface area contributed by atoms with Gasteiger partial charge in [0.15, 0.2) is 5.78 Å². The molecular formula is C26H30N2O2. The third-order valence-corrected chi connectivity index (χ3v) is 6.29. The number of aryl methyl sites for hydroxylation is 1. The van der Waals surface area contributed by atoms with E-state index in [-0.39, 0.29) is 11.3 Å². The van der Waals surface area contributed by atoms with Gasteiger partial charge in [0.05, 0.1) is 11.1 Å². The Kier molecular flexibility index (Phi) is 5.76. The molecule has 1 aromatic heterocycles. The summed E-state index contributed by atoms with van der Waals surface area (Å²) in [4.78, 5) is 26.0. The summed E-state index contributed by atoms with van der Waals surface area (Å²) in [6, 6.07) is 13.2. The Morgan fingerprint density at radius 3 is 2.50 bits per heavy atom. The molecule has 0 fully saturated rings. The van der Waals surface area contributed by atoms with E-state index in [4.69, 9.17) is 0 Å². The van der Waals surface area contributed by atoms with Gasteiger partial charge in [0.2, 0.25) is 0 Å². The minimum Gasteiger partial charge on any atom is -0.384 e. The molecule has 0 spiro atoms. The highest BCUT2D eigenvalue weighted by molar-refractivity contribution is 6.28. The van der Waals surface area contributed by atoms with E-state index < -0.39 is 0 Å². The fourth-order valence-electron chi connectivity index (χ4n) is 4.51. The maximum Gasteiger partial charge on any atom is 0.251 e. The van der Waals surface area contributed by atoms with Crippen molar-refractivity contribution in [3.63, 3.8) is 0 Å². The highest BCUT2D eigenvalue weighted by Gasteiger charge is 2.28. The molecule has 1 aliphatic rings. The van der Waals surface area contributed by atoms with Crippen molar-refractivity contribution < 1.29 is 4.79 Å². The number of nitrogens with zero attached hydrogens (tertiary/aromatic N) is 1. The number of pyridine rings is 1. The molecule has 2 aromatic carbocycles. The van der Waals surface area contributed by atoms with Crippen LogP contribution in [0.5, 0.6) is 0 Å². The Bertz CT molecular complexity index is 1160. The number of rotatable bonds is 8. The number of fused-ring (bicyclic) bond motifs is 2. The number of anilines is 1.